The van der Waals surface area contributed by atoms with E-state index in [9.17, 15) is 9.18 Å². The number of rotatable bonds is 2. The zero-order valence-electron chi connectivity index (χ0n) is 11.0. The average molecular weight is 247 g/mol. The van der Waals surface area contributed by atoms with Crippen LogP contribution in [0.3, 0.4) is 0 Å². The Bertz CT molecular complexity index is 265. The average Bonchev–Trinajstić information content (AvgIpc) is 2.18. The Morgan fingerprint density at radius 2 is 2.18 bits per heavy atom. The van der Waals surface area contributed by atoms with Crippen molar-refractivity contribution in [2.24, 2.45) is 0 Å². The molecule has 1 aliphatic rings. The maximum absolute atomic E-state index is 13.7. The lowest BCUT2D eigenvalue weighted by Gasteiger charge is -2.32. The van der Waals surface area contributed by atoms with Crippen LogP contribution in [0.2, 0.25) is 0 Å². The fourth-order valence-corrected chi connectivity index (χ4v) is 1.70. The van der Waals surface area contributed by atoms with Crippen molar-refractivity contribution in [1.82, 2.24) is 5.32 Å². The normalized spacial score (nSPS) is 29.8. The van der Waals surface area contributed by atoms with Gasteiger partial charge in [-0.2, -0.15) is 0 Å². The number of hydrogen-bond donors (Lipinski definition) is 1. The zero-order chi connectivity index (χ0) is 13.1. The molecule has 0 aromatic rings. The molecule has 1 rings (SSSR count). The van der Waals surface area contributed by atoms with E-state index in [4.69, 9.17) is 9.47 Å². The lowest BCUT2D eigenvalue weighted by molar-refractivity contribution is -0.0433. The standard InChI is InChI=1S/C12H22FNO3/c1-5-8-6-9(13)10(7-16-8)14-11(15)17-12(2,3)4/h8-10H,5-7H2,1-4H3,(H,14,15)/t8-,9+,10+/m1/s1. The number of carbonyl (C=O) groups is 1. The topological polar surface area (TPSA) is 47.6 Å². The predicted molar refractivity (Wildman–Crippen MR) is 62.7 cm³/mol. The van der Waals surface area contributed by atoms with Gasteiger partial charge in [0.25, 0.3) is 0 Å². The van der Waals surface area contributed by atoms with Gasteiger partial charge in [-0.15, -0.1) is 0 Å². The molecule has 1 amide bonds. The van der Waals surface area contributed by atoms with Crippen molar-refractivity contribution in [3.63, 3.8) is 0 Å². The Morgan fingerprint density at radius 1 is 1.53 bits per heavy atom. The molecule has 1 N–H and O–H groups in total. The van der Waals surface area contributed by atoms with Crippen LogP contribution in [-0.4, -0.2) is 36.6 Å². The number of alkyl carbamates (subject to hydrolysis) is 1. The van der Waals surface area contributed by atoms with Crippen LogP contribution < -0.4 is 5.32 Å². The first kappa shape index (κ1) is 14.2. The molecule has 4 nitrogen and oxygen atoms in total. The Kier molecular flexibility index (Phi) is 4.74. The molecule has 1 heterocycles. The van der Waals surface area contributed by atoms with Gasteiger partial charge in [-0.1, -0.05) is 6.92 Å². The maximum Gasteiger partial charge on any atom is 0.408 e. The molecule has 0 aliphatic carbocycles. The number of nitrogens with one attached hydrogen (secondary N) is 1. The minimum atomic E-state index is -1.07. The zero-order valence-corrected chi connectivity index (χ0v) is 11.0. The number of carbonyl (C=O) groups excluding carboxylic acids is 1. The van der Waals surface area contributed by atoms with Crippen molar-refractivity contribution in [1.29, 1.82) is 0 Å². The number of ether oxygens (including phenoxy) is 2. The summed E-state index contributed by atoms with van der Waals surface area (Å²) in [5.74, 6) is 0. The summed E-state index contributed by atoms with van der Waals surface area (Å²) in [5, 5.41) is 2.51. The quantitative estimate of drug-likeness (QED) is 0.815. The van der Waals surface area contributed by atoms with Gasteiger partial charge in [-0.3, -0.25) is 0 Å². The lowest BCUT2D eigenvalue weighted by Crippen LogP contribution is -2.51. The minimum Gasteiger partial charge on any atom is -0.444 e. The van der Waals surface area contributed by atoms with E-state index in [-0.39, 0.29) is 12.7 Å². The maximum atomic E-state index is 13.7. The van der Waals surface area contributed by atoms with Crippen LogP contribution in [0.4, 0.5) is 9.18 Å². The van der Waals surface area contributed by atoms with Crippen LogP contribution >= 0.6 is 0 Å². The van der Waals surface area contributed by atoms with Crippen LogP contribution in [-0.2, 0) is 9.47 Å². The van der Waals surface area contributed by atoms with E-state index >= 15 is 0 Å². The SMILES string of the molecule is CC[C@@H]1C[C@H](F)[C@@H](NC(=O)OC(C)(C)C)CO1. The Hall–Kier alpha value is -0.840. The summed E-state index contributed by atoms with van der Waals surface area (Å²) >= 11 is 0. The number of hydrogen-bond acceptors (Lipinski definition) is 3. The first-order chi connectivity index (χ1) is 7.81. The highest BCUT2D eigenvalue weighted by molar-refractivity contribution is 5.68. The summed E-state index contributed by atoms with van der Waals surface area (Å²) in [4.78, 5) is 11.5. The van der Waals surface area contributed by atoms with Gasteiger partial charge in [-0.05, 0) is 27.2 Å². The van der Waals surface area contributed by atoms with Crippen LogP contribution in [0.1, 0.15) is 40.5 Å². The smallest absolute Gasteiger partial charge is 0.408 e. The lowest BCUT2D eigenvalue weighted by atomic mass is 10.0. The fourth-order valence-electron chi connectivity index (χ4n) is 1.70. The summed E-state index contributed by atoms with van der Waals surface area (Å²) in [6, 6.07) is -0.604. The van der Waals surface area contributed by atoms with E-state index in [1.807, 2.05) is 6.92 Å². The summed E-state index contributed by atoms with van der Waals surface area (Å²) in [6.07, 6.45) is -0.581. The van der Waals surface area contributed by atoms with Gasteiger partial charge in [0.05, 0.1) is 18.8 Å². The molecule has 17 heavy (non-hydrogen) atoms. The predicted octanol–water partition coefficient (Wildman–Crippen LogP) is 2.42. The molecule has 0 spiro atoms. The molecule has 0 radical (unpaired) electrons. The van der Waals surface area contributed by atoms with Gasteiger partial charge in [0.1, 0.15) is 11.8 Å². The second-order valence-electron chi connectivity index (χ2n) is 5.37. The molecule has 5 heteroatoms. The molecule has 1 fully saturated rings. The molecule has 0 unspecified atom stereocenters. The highest BCUT2D eigenvalue weighted by Crippen LogP contribution is 2.20. The van der Waals surface area contributed by atoms with E-state index in [1.54, 1.807) is 20.8 Å². The third-order valence-electron chi connectivity index (χ3n) is 2.59. The highest BCUT2D eigenvalue weighted by atomic mass is 19.1. The molecular weight excluding hydrogens is 225 g/mol. The van der Waals surface area contributed by atoms with Crippen LogP contribution in [0.15, 0.2) is 0 Å². The van der Waals surface area contributed by atoms with Crippen molar-refractivity contribution >= 4 is 6.09 Å². The van der Waals surface area contributed by atoms with Gasteiger partial charge in [0.15, 0.2) is 0 Å². The minimum absolute atomic E-state index is 0.0401. The molecule has 0 aromatic heterocycles. The molecule has 1 aliphatic heterocycles. The molecule has 0 saturated carbocycles. The van der Waals surface area contributed by atoms with Crippen LogP contribution in [0.25, 0.3) is 0 Å². The van der Waals surface area contributed by atoms with Crippen molar-refractivity contribution in [2.45, 2.75) is 64.5 Å². The second-order valence-corrected chi connectivity index (χ2v) is 5.37. The van der Waals surface area contributed by atoms with E-state index in [0.29, 0.717) is 6.42 Å². The van der Waals surface area contributed by atoms with Crippen molar-refractivity contribution in [3.05, 3.63) is 0 Å². The summed E-state index contributed by atoms with van der Waals surface area (Å²) in [5.41, 5.74) is -0.572. The third-order valence-corrected chi connectivity index (χ3v) is 2.59. The molecular formula is C12H22FNO3. The first-order valence-electron chi connectivity index (χ1n) is 6.07. The first-order valence-corrected chi connectivity index (χ1v) is 6.07. The summed E-state index contributed by atoms with van der Waals surface area (Å²) in [7, 11) is 0. The van der Waals surface area contributed by atoms with E-state index in [2.05, 4.69) is 5.32 Å². The summed E-state index contributed by atoms with van der Waals surface area (Å²) in [6.45, 7) is 7.47. The van der Waals surface area contributed by atoms with Gasteiger partial charge in [0.2, 0.25) is 0 Å². The largest absolute Gasteiger partial charge is 0.444 e. The van der Waals surface area contributed by atoms with Gasteiger partial charge >= 0.3 is 6.09 Å². The Labute approximate surface area is 102 Å². The Balaban J connectivity index is 2.40. The van der Waals surface area contributed by atoms with Crippen LogP contribution in [0, 0.1) is 0 Å². The second kappa shape index (κ2) is 5.67. The number of halogens is 1. The fraction of sp³-hybridized carbons (Fsp3) is 0.917. The van der Waals surface area contributed by atoms with E-state index in [1.165, 1.54) is 0 Å². The highest BCUT2D eigenvalue weighted by Gasteiger charge is 2.32. The van der Waals surface area contributed by atoms with Crippen molar-refractivity contribution in [3.8, 4) is 0 Å². The van der Waals surface area contributed by atoms with Gasteiger partial charge < -0.3 is 14.8 Å². The molecule has 1 saturated heterocycles. The molecule has 3 atom stereocenters. The monoisotopic (exact) mass is 247 g/mol. The molecule has 0 aromatic carbocycles. The van der Waals surface area contributed by atoms with Crippen molar-refractivity contribution in [2.75, 3.05) is 6.61 Å². The molecule has 100 valence electrons. The van der Waals surface area contributed by atoms with Crippen molar-refractivity contribution < 1.29 is 18.7 Å². The van der Waals surface area contributed by atoms with Gasteiger partial charge in [0, 0.05) is 6.42 Å². The van der Waals surface area contributed by atoms with E-state index < -0.39 is 23.9 Å². The van der Waals surface area contributed by atoms with Gasteiger partial charge in [-0.25, -0.2) is 9.18 Å². The number of amides is 1. The molecule has 0 bridgehead atoms. The Morgan fingerprint density at radius 3 is 2.65 bits per heavy atom. The third kappa shape index (κ3) is 4.89. The van der Waals surface area contributed by atoms with Crippen LogP contribution in [0.5, 0.6) is 0 Å². The van der Waals surface area contributed by atoms with E-state index in [0.717, 1.165) is 6.42 Å². The summed E-state index contributed by atoms with van der Waals surface area (Å²) < 4.78 is 24.2. The number of alkyl halides is 1.